The molecule has 35 heavy (non-hydrogen) atoms. The van der Waals surface area contributed by atoms with E-state index < -0.39 is 19.9 Å². The number of benzene rings is 2. The summed E-state index contributed by atoms with van der Waals surface area (Å²) < 4.78 is 61.3. The third-order valence-corrected chi connectivity index (χ3v) is 9.13. The average Bonchev–Trinajstić information content (AvgIpc) is 3.23. The fourth-order valence-electron chi connectivity index (χ4n) is 3.66. The Morgan fingerprint density at radius 2 is 1.66 bits per heavy atom. The second-order valence-corrected chi connectivity index (χ2v) is 12.8. The van der Waals surface area contributed by atoms with Gasteiger partial charge in [-0.15, -0.1) is 0 Å². The molecule has 0 unspecified atom stereocenters. The number of aryl methyl sites for hydroxylation is 1. The summed E-state index contributed by atoms with van der Waals surface area (Å²) in [5.74, 6) is -0.201. The zero-order valence-electron chi connectivity index (χ0n) is 20.2. The van der Waals surface area contributed by atoms with Crippen LogP contribution >= 0.6 is 11.6 Å². The summed E-state index contributed by atoms with van der Waals surface area (Å²) in [4.78, 5) is 4.31. The summed E-state index contributed by atoms with van der Waals surface area (Å²) in [5, 5.41) is 0.340. The Kier molecular flexibility index (Phi) is 8.76. The molecule has 0 saturated heterocycles. The van der Waals surface area contributed by atoms with Crippen LogP contribution in [0.5, 0.6) is 0 Å². The fraction of sp³-hybridized carbons (Fsp3) is 0.375. The molecular formula is C24H30ClN3O5S2. The van der Waals surface area contributed by atoms with Crippen molar-refractivity contribution in [2.75, 3.05) is 20.3 Å². The molecule has 3 rings (SSSR count). The summed E-state index contributed by atoms with van der Waals surface area (Å²) in [7, 11) is -6.20. The first-order chi connectivity index (χ1) is 16.5. The molecule has 11 heteroatoms. The van der Waals surface area contributed by atoms with Crippen LogP contribution in [0.25, 0.3) is 0 Å². The lowest BCUT2D eigenvalue weighted by molar-refractivity contribution is 0.176. The molecule has 0 N–H and O–H groups in total. The number of hydrogen-bond acceptors (Lipinski definition) is 6. The Hall–Kier alpha value is -2.24. The maximum atomic E-state index is 13.4. The van der Waals surface area contributed by atoms with Crippen molar-refractivity contribution >= 4 is 31.5 Å². The number of rotatable bonds is 11. The number of methoxy groups -OCH3 is 1. The van der Waals surface area contributed by atoms with E-state index in [-0.39, 0.29) is 41.5 Å². The van der Waals surface area contributed by atoms with Gasteiger partial charge in [0, 0.05) is 24.7 Å². The van der Waals surface area contributed by atoms with Gasteiger partial charge in [0.1, 0.15) is 0 Å². The zero-order chi connectivity index (χ0) is 25.8. The quantitative estimate of drug-likeness (QED) is 0.361. The number of hydrogen-bond donors (Lipinski definition) is 0. The number of sulfonamides is 1. The largest absolute Gasteiger partial charge is 0.383 e. The molecule has 2 aromatic carbocycles. The monoisotopic (exact) mass is 539 g/mol. The number of aromatic nitrogens is 2. The van der Waals surface area contributed by atoms with Crippen LogP contribution in [0.4, 0.5) is 0 Å². The van der Waals surface area contributed by atoms with E-state index >= 15 is 0 Å². The number of sulfone groups is 1. The highest BCUT2D eigenvalue weighted by atomic mass is 35.5. The number of nitrogens with zero attached hydrogens (tertiary/aromatic N) is 3. The van der Waals surface area contributed by atoms with Crippen LogP contribution in [0.1, 0.15) is 36.7 Å². The summed E-state index contributed by atoms with van der Waals surface area (Å²) >= 11 is 5.92. The topological polar surface area (TPSA) is 98.6 Å². The normalized spacial score (nSPS) is 12.5. The molecule has 190 valence electrons. The number of halogens is 1. The van der Waals surface area contributed by atoms with Gasteiger partial charge in [-0.05, 0) is 50.6 Å². The molecule has 0 fully saturated rings. The van der Waals surface area contributed by atoms with E-state index in [0.29, 0.717) is 16.3 Å². The van der Waals surface area contributed by atoms with E-state index in [0.717, 1.165) is 5.56 Å². The van der Waals surface area contributed by atoms with Crippen molar-refractivity contribution < 1.29 is 21.6 Å². The highest BCUT2D eigenvalue weighted by Crippen LogP contribution is 2.25. The molecule has 0 amide bonds. The summed E-state index contributed by atoms with van der Waals surface area (Å²) in [6.45, 7) is 5.78. The fourth-order valence-corrected chi connectivity index (χ4v) is 6.78. The maximum Gasteiger partial charge on any atom is 0.243 e. The SMILES string of the molecule is COCCN(Cc1cnc(S(=O)(=O)Cc2ccc(C)cc2)n1C(C)C)S(=O)(=O)c1ccc(Cl)cc1. The van der Waals surface area contributed by atoms with Gasteiger partial charge in [-0.1, -0.05) is 41.4 Å². The van der Waals surface area contributed by atoms with Gasteiger partial charge in [-0.2, -0.15) is 4.31 Å². The van der Waals surface area contributed by atoms with Crippen molar-refractivity contribution in [2.24, 2.45) is 0 Å². The summed E-state index contributed by atoms with van der Waals surface area (Å²) in [6.07, 6.45) is 1.43. The van der Waals surface area contributed by atoms with Gasteiger partial charge in [0.15, 0.2) is 0 Å². The Morgan fingerprint density at radius 3 is 2.23 bits per heavy atom. The highest BCUT2D eigenvalue weighted by Gasteiger charge is 2.29. The van der Waals surface area contributed by atoms with Gasteiger partial charge in [-0.25, -0.2) is 21.8 Å². The van der Waals surface area contributed by atoms with Crippen molar-refractivity contribution in [3.63, 3.8) is 0 Å². The Bertz CT molecular complexity index is 1350. The molecule has 0 radical (unpaired) electrons. The molecule has 0 atom stereocenters. The van der Waals surface area contributed by atoms with E-state index in [4.69, 9.17) is 16.3 Å². The van der Waals surface area contributed by atoms with Gasteiger partial charge in [0.2, 0.25) is 25.0 Å². The van der Waals surface area contributed by atoms with Crippen molar-refractivity contribution in [1.29, 1.82) is 0 Å². The minimum Gasteiger partial charge on any atom is -0.383 e. The standard InChI is InChI=1S/C24H30ClN3O5S2/c1-18(2)28-22(15-26-24(28)34(29,30)17-20-7-5-19(3)6-8-20)16-27(13-14-33-4)35(31,32)23-11-9-21(25)10-12-23/h5-12,15,18H,13-14,16-17H2,1-4H3. The molecule has 0 aliphatic carbocycles. The van der Waals surface area contributed by atoms with E-state index in [2.05, 4.69) is 4.98 Å². The van der Waals surface area contributed by atoms with Crippen LogP contribution in [-0.4, -0.2) is 51.0 Å². The van der Waals surface area contributed by atoms with Gasteiger partial charge < -0.3 is 9.30 Å². The highest BCUT2D eigenvalue weighted by molar-refractivity contribution is 7.90. The maximum absolute atomic E-state index is 13.4. The van der Waals surface area contributed by atoms with Gasteiger partial charge >= 0.3 is 0 Å². The summed E-state index contributed by atoms with van der Waals surface area (Å²) in [6, 6.07) is 12.9. The van der Waals surface area contributed by atoms with E-state index in [1.54, 1.807) is 16.7 Å². The predicted octanol–water partition coefficient (Wildman–Crippen LogP) is 4.24. The molecule has 1 aromatic heterocycles. The lowest BCUT2D eigenvalue weighted by Crippen LogP contribution is -2.34. The van der Waals surface area contributed by atoms with Crippen LogP contribution < -0.4 is 0 Å². The lowest BCUT2D eigenvalue weighted by Gasteiger charge is -2.24. The van der Waals surface area contributed by atoms with Gasteiger partial charge in [0.05, 0.1) is 35.7 Å². The predicted molar refractivity (Wildman–Crippen MR) is 136 cm³/mol. The molecule has 0 bridgehead atoms. The van der Waals surface area contributed by atoms with E-state index in [9.17, 15) is 16.8 Å². The molecular weight excluding hydrogens is 510 g/mol. The molecule has 0 saturated carbocycles. The molecule has 8 nitrogen and oxygen atoms in total. The minimum atomic E-state index is -3.91. The number of imidazole rings is 1. The van der Waals surface area contributed by atoms with Crippen LogP contribution in [0.15, 0.2) is 64.8 Å². The zero-order valence-corrected chi connectivity index (χ0v) is 22.6. The molecule has 0 aliphatic heterocycles. The first kappa shape index (κ1) is 27.3. The van der Waals surface area contributed by atoms with Crippen LogP contribution in [0, 0.1) is 6.92 Å². The molecule has 3 aromatic rings. The Morgan fingerprint density at radius 1 is 1.03 bits per heavy atom. The van der Waals surface area contributed by atoms with Crippen molar-refractivity contribution in [2.45, 2.75) is 49.2 Å². The summed E-state index contributed by atoms with van der Waals surface area (Å²) in [5.41, 5.74) is 2.16. The smallest absolute Gasteiger partial charge is 0.243 e. The number of ether oxygens (including phenoxy) is 1. The first-order valence-corrected chi connectivity index (χ1v) is 14.5. The molecule has 1 heterocycles. The lowest BCUT2D eigenvalue weighted by atomic mass is 10.2. The Balaban J connectivity index is 1.98. The van der Waals surface area contributed by atoms with Gasteiger partial charge in [-0.3, -0.25) is 0 Å². The van der Waals surface area contributed by atoms with E-state index in [1.807, 2.05) is 32.9 Å². The average molecular weight is 540 g/mol. The first-order valence-electron chi connectivity index (χ1n) is 11.0. The third-order valence-electron chi connectivity index (χ3n) is 5.45. The van der Waals surface area contributed by atoms with Crippen LogP contribution in [0.3, 0.4) is 0 Å². The minimum absolute atomic E-state index is 0.0699. The van der Waals surface area contributed by atoms with Crippen molar-refractivity contribution in [1.82, 2.24) is 13.9 Å². The Labute approximate surface area is 212 Å². The van der Waals surface area contributed by atoms with E-state index in [1.165, 1.54) is 41.9 Å². The van der Waals surface area contributed by atoms with Gasteiger partial charge in [0.25, 0.3) is 0 Å². The second kappa shape index (κ2) is 11.2. The van der Waals surface area contributed by atoms with Crippen molar-refractivity contribution in [3.05, 3.63) is 76.6 Å². The van der Waals surface area contributed by atoms with Crippen LogP contribution in [0.2, 0.25) is 5.02 Å². The van der Waals surface area contributed by atoms with Crippen molar-refractivity contribution in [3.8, 4) is 0 Å². The third kappa shape index (κ3) is 6.50. The molecule has 0 spiro atoms. The second-order valence-electron chi connectivity index (χ2n) is 8.53. The molecule has 0 aliphatic rings. The van der Waals surface area contributed by atoms with Crippen LogP contribution in [-0.2, 0) is 36.9 Å².